The molecule has 0 heterocycles. The number of halogens is 1. The van der Waals surface area contributed by atoms with Crippen LogP contribution < -0.4 is 29.6 Å². The van der Waals surface area contributed by atoms with E-state index in [0.29, 0.717) is 5.03 Å². The zero-order valence-electron chi connectivity index (χ0n) is 8.32. The molecule has 14 heavy (non-hydrogen) atoms. The van der Waals surface area contributed by atoms with Crippen molar-refractivity contribution in [1.29, 1.82) is 0 Å². The SMILES string of the molecule is CC1C(Cl)=CC=CC1(C)S(=O)(=O)[O-].[Na+]. The number of hydrogen-bond acceptors (Lipinski definition) is 3. The summed E-state index contributed by atoms with van der Waals surface area (Å²) in [5.41, 5.74) is 0. The summed E-state index contributed by atoms with van der Waals surface area (Å²) in [4.78, 5) is 0. The Morgan fingerprint density at radius 2 is 2.07 bits per heavy atom. The van der Waals surface area contributed by atoms with Crippen molar-refractivity contribution in [2.24, 2.45) is 5.92 Å². The zero-order chi connectivity index (χ0) is 10.3. The summed E-state index contributed by atoms with van der Waals surface area (Å²) in [7, 11) is -4.37. The molecule has 0 spiro atoms. The molecular weight excluding hydrogens is 235 g/mol. The first-order valence-electron chi connectivity index (χ1n) is 3.79. The Morgan fingerprint density at radius 1 is 1.57 bits per heavy atom. The van der Waals surface area contributed by atoms with E-state index in [1.807, 2.05) is 0 Å². The van der Waals surface area contributed by atoms with Gasteiger partial charge in [-0.25, -0.2) is 8.42 Å². The molecule has 0 fully saturated rings. The zero-order valence-corrected chi connectivity index (χ0v) is 11.9. The molecule has 0 aromatic rings. The van der Waals surface area contributed by atoms with Gasteiger partial charge in [0.25, 0.3) is 0 Å². The summed E-state index contributed by atoms with van der Waals surface area (Å²) in [5.74, 6) is -0.485. The van der Waals surface area contributed by atoms with Crippen molar-refractivity contribution in [3.8, 4) is 0 Å². The quantitative estimate of drug-likeness (QED) is 0.422. The molecule has 0 aromatic heterocycles. The standard InChI is InChI=1S/C8H11ClO3S.Na/c1-6-7(9)4-3-5-8(6,2)13(10,11)12;/h3-6H,1-2H3,(H,10,11,12);/q;+1/p-1. The van der Waals surface area contributed by atoms with Gasteiger partial charge in [0.2, 0.25) is 0 Å². The van der Waals surface area contributed by atoms with Gasteiger partial charge in [0.1, 0.15) is 10.1 Å². The van der Waals surface area contributed by atoms with Gasteiger partial charge in [-0.3, -0.25) is 0 Å². The molecule has 0 amide bonds. The molecule has 6 heteroatoms. The first-order valence-corrected chi connectivity index (χ1v) is 5.58. The van der Waals surface area contributed by atoms with E-state index < -0.39 is 20.8 Å². The fraction of sp³-hybridized carbons (Fsp3) is 0.500. The molecule has 3 nitrogen and oxygen atoms in total. The van der Waals surface area contributed by atoms with Crippen LogP contribution in [-0.4, -0.2) is 17.7 Å². The Labute approximate surface area is 111 Å². The Hall–Kier alpha value is 0.680. The monoisotopic (exact) mass is 244 g/mol. The Morgan fingerprint density at radius 3 is 2.43 bits per heavy atom. The van der Waals surface area contributed by atoms with E-state index in [0.717, 1.165) is 0 Å². The van der Waals surface area contributed by atoms with Gasteiger partial charge in [-0.1, -0.05) is 30.7 Å². The third-order valence-corrected chi connectivity index (χ3v) is 4.52. The molecule has 1 rings (SSSR count). The van der Waals surface area contributed by atoms with Crippen LogP contribution in [0.4, 0.5) is 0 Å². The van der Waals surface area contributed by atoms with E-state index in [1.54, 1.807) is 13.0 Å². The molecule has 2 atom stereocenters. The van der Waals surface area contributed by atoms with Crippen molar-refractivity contribution in [2.75, 3.05) is 0 Å². The third kappa shape index (κ3) is 2.43. The largest absolute Gasteiger partial charge is 1.00 e. The maximum Gasteiger partial charge on any atom is 1.00 e. The molecule has 74 valence electrons. The summed E-state index contributed by atoms with van der Waals surface area (Å²) >= 11 is 5.76. The van der Waals surface area contributed by atoms with Crippen molar-refractivity contribution in [3.05, 3.63) is 23.3 Å². The van der Waals surface area contributed by atoms with Crippen LogP contribution in [0.15, 0.2) is 23.3 Å². The second-order valence-electron chi connectivity index (χ2n) is 3.27. The van der Waals surface area contributed by atoms with Gasteiger partial charge < -0.3 is 4.55 Å². The van der Waals surface area contributed by atoms with E-state index in [-0.39, 0.29) is 29.6 Å². The summed E-state index contributed by atoms with van der Waals surface area (Å²) in [6, 6.07) is 0. The van der Waals surface area contributed by atoms with Crippen LogP contribution in [0.2, 0.25) is 0 Å². The molecule has 0 bridgehead atoms. The summed E-state index contributed by atoms with van der Waals surface area (Å²) < 4.78 is 31.5. The van der Waals surface area contributed by atoms with E-state index in [1.165, 1.54) is 19.1 Å². The second kappa shape index (κ2) is 4.68. The van der Waals surface area contributed by atoms with Crippen LogP contribution >= 0.6 is 11.6 Å². The van der Waals surface area contributed by atoms with Gasteiger partial charge >= 0.3 is 29.6 Å². The van der Waals surface area contributed by atoms with Crippen molar-refractivity contribution in [1.82, 2.24) is 0 Å². The van der Waals surface area contributed by atoms with Crippen LogP contribution in [-0.2, 0) is 10.1 Å². The van der Waals surface area contributed by atoms with Crippen LogP contribution in [0, 0.1) is 5.92 Å². The van der Waals surface area contributed by atoms with Crippen molar-refractivity contribution in [3.63, 3.8) is 0 Å². The van der Waals surface area contributed by atoms with Gasteiger partial charge in [0, 0.05) is 11.0 Å². The van der Waals surface area contributed by atoms with Crippen molar-refractivity contribution < 1.29 is 42.5 Å². The summed E-state index contributed by atoms with van der Waals surface area (Å²) in [6.07, 6.45) is 4.48. The number of allylic oxidation sites excluding steroid dienone is 3. The average Bonchev–Trinajstić information content (AvgIpc) is 1.98. The first kappa shape index (κ1) is 14.7. The first-order chi connectivity index (χ1) is 5.79. The normalized spacial score (nSPS) is 32.0. The number of rotatable bonds is 1. The molecule has 0 saturated heterocycles. The minimum Gasteiger partial charge on any atom is -0.747 e. The smallest absolute Gasteiger partial charge is 0.747 e. The molecule has 0 aliphatic heterocycles. The molecule has 1 aliphatic carbocycles. The molecule has 1 aliphatic rings. The van der Waals surface area contributed by atoms with Gasteiger partial charge in [-0.05, 0) is 13.0 Å². The molecular formula is C8H10ClNaO3S. The maximum absolute atomic E-state index is 11.0. The number of hydrogen-bond donors (Lipinski definition) is 0. The average molecular weight is 245 g/mol. The second-order valence-corrected chi connectivity index (χ2v) is 5.49. The fourth-order valence-corrected chi connectivity index (χ4v) is 2.36. The summed E-state index contributed by atoms with van der Waals surface area (Å²) in [6.45, 7) is 3.00. The molecule has 0 N–H and O–H groups in total. The topological polar surface area (TPSA) is 57.2 Å². The van der Waals surface area contributed by atoms with Crippen LogP contribution in [0.25, 0.3) is 0 Å². The molecule has 0 saturated carbocycles. The predicted octanol–water partition coefficient (Wildman–Crippen LogP) is -1.38. The van der Waals surface area contributed by atoms with E-state index in [9.17, 15) is 13.0 Å². The van der Waals surface area contributed by atoms with Gasteiger partial charge in [0.15, 0.2) is 0 Å². The molecule has 0 aromatic carbocycles. The van der Waals surface area contributed by atoms with Gasteiger partial charge in [-0.2, -0.15) is 0 Å². The van der Waals surface area contributed by atoms with Crippen LogP contribution in [0.5, 0.6) is 0 Å². The fourth-order valence-electron chi connectivity index (χ4n) is 1.19. The predicted molar refractivity (Wildman–Crippen MR) is 50.3 cm³/mol. The maximum atomic E-state index is 11.0. The van der Waals surface area contributed by atoms with E-state index >= 15 is 0 Å². The third-order valence-electron chi connectivity index (χ3n) is 2.49. The van der Waals surface area contributed by atoms with Crippen LogP contribution in [0.1, 0.15) is 13.8 Å². The molecule has 2 unspecified atom stereocenters. The molecule has 0 radical (unpaired) electrons. The van der Waals surface area contributed by atoms with Crippen molar-refractivity contribution in [2.45, 2.75) is 18.6 Å². The van der Waals surface area contributed by atoms with Gasteiger partial charge in [0.05, 0.1) is 4.75 Å². The Kier molecular flexibility index (Phi) is 4.91. The van der Waals surface area contributed by atoms with E-state index in [2.05, 4.69) is 0 Å². The van der Waals surface area contributed by atoms with Crippen molar-refractivity contribution >= 4 is 21.7 Å². The van der Waals surface area contributed by atoms with Gasteiger partial charge in [-0.15, -0.1) is 0 Å². The Bertz CT molecular complexity index is 374. The summed E-state index contributed by atoms with van der Waals surface area (Å²) in [5, 5.41) is 0.393. The van der Waals surface area contributed by atoms with Crippen LogP contribution in [0.3, 0.4) is 0 Å². The minimum absolute atomic E-state index is 0. The Balaban J connectivity index is 0.00000169. The van der Waals surface area contributed by atoms with E-state index in [4.69, 9.17) is 11.6 Å². The minimum atomic E-state index is -4.37.